The summed E-state index contributed by atoms with van der Waals surface area (Å²) in [5.41, 5.74) is 8.43. The van der Waals surface area contributed by atoms with Gasteiger partial charge in [0.1, 0.15) is 24.3 Å². The lowest BCUT2D eigenvalue weighted by atomic mass is 10.0. The van der Waals surface area contributed by atoms with Gasteiger partial charge in [0.05, 0.1) is 16.1 Å². The van der Waals surface area contributed by atoms with Crippen molar-refractivity contribution in [3.05, 3.63) is 38.7 Å². The van der Waals surface area contributed by atoms with Crippen molar-refractivity contribution in [1.29, 1.82) is 0 Å². The maximum atomic E-state index is 11.4. The van der Waals surface area contributed by atoms with Gasteiger partial charge in [0, 0.05) is 23.7 Å². The van der Waals surface area contributed by atoms with E-state index >= 15 is 0 Å². The summed E-state index contributed by atoms with van der Waals surface area (Å²) in [6.07, 6.45) is -1.34. The summed E-state index contributed by atoms with van der Waals surface area (Å²) in [6, 6.07) is 4.47. The Morgan fingerprint density at radius 3 is 2.67 bits per heavy atom. The summed E-state index contributed by atoms with van der Waals surface area (Å²) < 4.78 is 16.2. The number of carbonyl (C=O) groups excluding carboxylic acids is 2. The molecule has 11 heteroatoms. The molecule has 0 aromatic heterocycles. The number of nitrogens with zero attached hydrogens (tertiary/aromatic N) is 3. The van der Waals surface area contributed by atoms with Crippen LogP contribution >= 0.6 is 35.0 Å². The molecule has 0 saturated carbocycles. The number of halogens is 2. The van der Waals surface area contributed by atoms with Crippen LogP contribution < -0.4 is 0 Å². The number of hydrogen-bond donors (Lipinski definition) is 0. The van der Waals surface area contributed by atoms with Crippen molar-refractivity contribution in [2.75, 3.05) is 6.61 Å². The average Bonchev–Trinajstić information content (AvgIpc) is 2.58. The summed E-state index contributed by atoms with van der Waals surface area (Å²) in [4.78, 5) is 26.2. The van der Waals surface area contributed by atoms with Gasteiger partial charge >= 0.3 is 11.9 Å². The van der Waals surface area contributed by atoms with Crippen LogP contribution in [-0.4, -0.2) is 42.2 Å². The zero-order valence-electron chi connectivity index (χ0n) is 14.5. The molecular formula is C16H17Cl2N3O5S. The van der Waals surface area contributed by atoms with Crippen LogP contribution in [0.5, 0.6) is 0 Å². The number of esters is 2. The average molecular weight is 434 g/mol. The third-order valence-electron chi connectivity index (χ3n) is 3.62. The fourth-order valence-electron chi connectivity index (χ4n) is 2.54. The molecule has 0 bridgehead atoms. The second-order valence-electron chi connectivity index (χ2n) is 5.68. The Kier molecular flexibility index (Phi) is 8.07. The fraction of sp³-hybridized carbons (Fsp3) is 0.500. The zero-order chi connectivity index (χ0) is 20.0. The smallest absolute Gasteiger partial charge is 0.303 e. The summed E-state index contributed by atoms with van der Waals surface area (Å²) in [5, 5.41) is 4.57. The number of azide groups is 1. The molecule has 146 valence electrons. The van der Waals surface area contributed by atoms with Gasteiger partial charge in [-0.15, -0.1) is 0 Å². The number of benzene rings is 1. The molecule has 1 aliphatic rings. The Balaban J connectivity index is 2.21. The van der Waals surface area contributed by atoms with E-state index in [2.05, 4.69) is 10.0 Å². The van der Waals surface area contributed by atoms with Crippen LogP contribution in [0.3, 0.4) is 0 Å². The molecule has 0 radical (unpaired) electrons. The van der Waals surface area contributed by atoms with E-state index in [-0.39, 0.29) is 6.61 Å². The van der Waals surface area contributed by atoms with Crippen molar-refractivity contribution in [3.63, 3.8) is 0 Å². The van der Waals surface area contributed by atoms with Crippen molar-refractivity contribution in [3.8, 4) is 0 Å². The highest BCUT2D eigenvalue weighted by molar-refractivity contribution is 7.99. The predicted octanol–water partition coefficient (Wildman–Crippen LogP) is 4.37. The van der Waals surface area contributed by atoms with E-state index in [4.69, 9.17) is 42.9 Å². The first kappa shape index (κ1) is 21.7. The second kappa shape index (κ2) is 10.1. The van der Waals surface area contributed by atoms with E-state index in [1.54, 1.807) is 18.2 Å². The van der Waals surface area contributed by atoms with Gasteiger partial charge in [-0.1, -0.05) is 40.1 Å². The van der Waals surface area contributed by atoms with Gasteiger partial charge in [-0.2, -0.15) is 0 Å². The number of ether oxygens (including phenoxy) is 3. The fourth-order valence-corrected chi connectivity index (χ4v) is 4.03. The van der Waals surface area contributed by atoms with Crippen molar-refractivity contribution in [2.45, 2.75) is 48.8 Å². The number of thioether (sulfide) groups is 1. The number of hydrogen-bond acceptors (Lipinski definition) is 7. The normalized spacial score (nSPS) is 24.6. The standard InChI is InChI=1S/C16H17Cl2N3O5S/c1-8(22)24-7-14-16(25-9(2)23)13(20-21-19)6-15(26-14)27-10-3-4-11(17)12(18)5-10/h3-5,13-16H,6-7H2,1-2H3/t13-,14-,15-,16+/m1/s1. The van der Waals surface area contributed by atoms with Gasteiger partial charge in [-0.3, -0.25) is 9.59 Å². The van der Waals surface area contributed by atoms with E-state index in [0.29, 0.717) is 16.5 Å². The molecule has 4 atom stereocenters. The predicted molar refractivity (Wildman–Crippen MR) is 101 cm³/mol. The highest BCUT2D eigenvalue weighted by Crippen LogP contribution is 2.37. The highest BCUT2D eigenvalue weighted by atomic mass is 35.5. The van der Waals surface area contributed by atoms with Crippen LogP contribution in [0.25, 0.3) is 10.4 Å². The minimum Gasteiger partial charge on any atom is -0.463 e. The van der Waals surface area contributed by atoms with Crippen LogP contribution in [0, 0.1) is 0 Å². The molecule has 0 unspecified atom stereocenters. The Labute approximate surface area is 170 Å². The molecule has 1 saturated heterocycles. The molecular weight excluding hydrogens is 417 g/mol. The molecule has 1 aromatic carbocycles. The molecule has 0 N–H and O–H groups in total. The maximum Gasteiger partial charge on any atom is 0.303 e. The van der Waals surface area contributed by atoms with E-state index in [9.17, 15) is 9.59 Å². The molecule has 0 spiro atoms. The van der Waals surface area contributed by atoms with Crippen LogP contribution in [-0.2, 0) is 23.8 Å². The third kappa shape index (κ3) is 6.48. The summed E-state index contributed by atoms with van der Waals surface area (Å²) in [7, 11) is 0. The lowest BCUT2D eigenvalue weighted by Gasteiger charge is -2.38. The van der Waals surface area contributed by atoms with Gasteiger partial charge in [0.2, 0.25) is 0 Å². The van der Waals surface area contributed by atoms with Gasteiger partial charge in [0.15, 0.2) is 0 Å². The van der Waals surface area contributed by atoms with Gasteiger partial charge in [-0.25, -0.2) is 0 Å². The Morgan fingerprint density at radius 1 is 1.33 bits per heavy atom. The summed E-state index contributed by atoms with van der Waals surface area (Å²) in [6.45, 7) is 2.37. The zero-order valence-corrected chi connectivity index (χ0v) is 16.8. The van der Waals surface area contributed by atoms with Crippen molar-refractivity contribution >= 4 is 46.9 Å². The minimum atomic E-state index is -0.858. The summed E-state index contributed by atoms with van der Waals surface area (Å²) >= 11 is 13.3. The molecule has 0 aliphatic carbocycles. The summed E-state index contributed by atoms with van der Waals surface area (Å²) in [5.74, 6) is -1.05. The topological polar surface area (TPSA) is 111 Å². The molecule has 2 rings (SSSR count). The van der Waals surface area contributed by atoms with Crippen LogP contribution in [0.2, 0.25) is 10.0 Å². The molecule has 8 nitrogen and oxygen atoms in total. The van der Waals surface area contributed by atoms with Crippen molar-refractivity contribution in [2.24, 2.45) is 5.11 Å². The second-order valence-corrected chi connectivity index (χ2v) is 7.73. The molecule has 1 fully saturated rings. The minimum absolute atomic E-state index is 0.136. The van der Waals surface area contributed by atoms with Crippen molar-refractivity contribution < 1.29 is 23.8 Å². The first-order valence-corrected chi connectivity index (χ1v) is 9.55. The Bertz CT molecular complexity index is 760. The monoisotopic (exact) mass is 433 g/mol. The van der Waals surface area contributed by atoms with E-state index in [0.717, 1.165) is 4.90 Å². The van der Waals surface area contributed by atoms with Gasteiger partial charge in [0.25, 0.3) is 0 Å². The van der Waals surface area contributed by atoms with E-state index < -0.39 is 35.6 Å². The molecule has 27 heavy (non-hydrogen) atoms. The van der Waals surface area contributed by atoms with Crippen LogP contribution in [0.4, 0.5) is 0 Å². The Hall–Kier alpha value is -1.64. The first-order chi connectivity index (χ1) is 12.8. The van der Waals surface area contributed by atoms with E-state index in [1.807, 2.05) is 0 Å². The third-order valence-corrected chi connectivity index (χ3v) is 5.45. The molecule has 1 aromatic rings. The quantitative estimate of drug-likeness (QED) is 0.285. The van der Waals surface area contributed by atoms with Gasteiger partial charge in [-0.05, 0) is 30.2 Å². The molecule has 1 aliphatic heterocycles. The molecule has 0 amide bonds. The van der Waals surface area contributed by atoms with Crippen molar-refractivity contribution in [1.82, 2.24) is 0 Å². The SMILES string of the molecule is CC(=O)OC[C@H]1O[C@H](Sc2ccc(Cl)c(Cl)c2)C[C@@H](N=[N+]=[N-])[C@@H]1OC(C)=O. The largest absolute Gasteiger partial charge is 0.463 e. The van der Waals surface area contributed by atoms with Crippen LogP contribution in [0.1, 0.15) is 20.3 Å². The lowest BCUT2D eigenvalue weighted by Crippen LogP contribution is -2.50. The number of rotatable bonds is 6. The van der Waals surface area contributed by atoms with Crippen LogP contribution in [0.15, 0.2) is 28.2 Å². The maximum absolute atomic E-state index is 11.4. The first-order valence-electron chi connectivity index (χ1n) is 7.92. The van der Waals surface area contributed by atoms with E-state index in [1.165, 1.54) is 25.6 Å². The molecule has 1 heterocycles. The lowest BCUT2D eigenvalue weighted by molar-refractivity contribution is -0.175. The highest BCUT2D eigenvalue weighted by Gasteiger charge is 2.41. The van der Waals surface area contributed by atoms with Gasteiger partial charge < -0.3 is 14.2 Å². The Morgan fingerprint density at radius 2 is 2.07 bits per heavy atom. The number of carbonyl (C=O) groups is 2.